The van der Waals surface area contributed by atoms with E-state index < -0.39 is 16.0 Å². The third kappa shape index (κ3) is 4.29. The minimum absolute atomic E-state index is 0.0290. The first kappa shape index (κ1) is 20.2. The summed E-state index contributed by atoms with van der Waals surface area (Å²) in [5, 5.41) is 9.66. The number of aromatic nitrogens is 1. The van der Waals surface area contributed by atoms with Crippen LogP contribution in [0.15, 0.2) is 35.4 Å². The highest BCUT2D eigenvalue weighted by Crippen LogP contribution is 2.29. The van der Waals surface area contributed by atoms with Crippen LogP contribution in [0.3, 0.4) is 0 Å². The van der Waals surface area contributed by atoms with Crippen LogP contribution in [0.5, 0.6) is 5.75 Å². The average molecular weight is 428 g/mol. The standard InChI is InChI=1S/C17H18ClN3O6S/c1-26-15-3-2-12(9-14(15)18)28(24,25)20-11-8-13(17(22)23)16(19-10-11)21-4-6-27-7-5-21/h2-3,8-10,20H,4-7H2,1H3,(H,22,23). The van der Waals surface area contributed by atoms with E-state index in [1.54, 1.807) is 4.90 Å². The zero-order chi connectivity index (χ0) is 20.3. The van der Waals surface area contributed by atoms with E-state index in [2.05, 4.69) is 9.71 Å². The second-order valence-corrected chi connectivity index (χ2v) is 7.99. The minimum atomic E-state index is -4.00. The fraction of sp³-hybridized carbons (Fsp3) is 0.294. The van der Waals surface area contributed by atoms with Gasteiger partial charge in [-0.25, -0.2) is 18.2 Å². The van der Waals surface area contributed by atoms with Crippen LogP contribution in [-0.4, -0.2) is 57.9 Å². The first-order valence-corrected chi connectivity index (χ1v) is 10.1. The predicted molar refractivity (Wildman–Crippen MR) is 103 cm³/mol. The number of carbonyl (C=O) groups is 1. The van der Waals surface area contributed by atoms with Crippen molar-refractivity contribution in [2.24, 2.45) is 0 Å². The highest BCUT2D eigenvalue weighted by Gasteiger charge is 2.22. The third-order valence-corrected chi connectivity index (χ3v) is 5.77. The maximum absolute atomic E-state index is 12.6. The lowest BCUT2D eigenvalue weighted by atomic mass is 10.2. The Hall–Kier alpha value is -2.56. The molecule has 0 spiro atoms. The van der Waals surface area contributed by atoms with Crippen LogP contribution in [0.25, 0.3) is 0 Å². The van der Waals surface area contributed by atoms with Crippen molar-refractivity contribution in [3.05, 3.63) is 41.0 Å². The number of aromatic carboxylic acids is 1. The number of carboxylic acid groups (broad SMARTS) is 1. The van der Waals surface area contributed by atoms with Gasteiger partial charge in [0.2, 0.25) is 0 Å². The SMILES string of the molecule is COc1ccc(S(=O)(=O)Nc2cnc(N3CCOCC3)c(C(=O)O)c2)cc1Cl. The van der Waals surface area contributed by atoms with Gasteiger partial charge in [0.05, 0.1) is 42.1 Å². The molecule has 2 heterocycles. The zero-order valence-electron chi connectivity index (χ0n) is 14.9. The van der Waals surface area contributed by atoms with Crippen LogP contribution in [0.1, 0.15) is 10.4 Å². The Labute approximate surface area is 166 Å². The van der Waals surface area contributed by atoms with Gasteiger partial charge < -0.3 is 19.5 Å². The molecule has 0 amide bonds. The molecule has 2 aromatic rings. The zero-order valence-corrected chi connectivity index (χ0v) is 16.5. The number of rotatable bonds is 6. The molecule has 1 aliphatic rings. The molecule has 0 unspecified atom stereocenters. The second-order valence-electron chi connectivity index (χ2n) is 5.90. The maximum Gasteiger partial charge on any atom is 0.339 e. The molecule has 28 heavy (non-hydrogen) atoms. The summed E-state index contributed by atoms with van der Waals surface area (Å²) in [6.45, 7) is 1.94. The van der Waals surface area contributed by atoms with Gasteiger partial charge in [-0.15, -0.1) is 0 Å². The Bertz CT molecular complexity index is 992. The number of methoxy groups -OCH3 is 1. The second kappa shape index (κ2) is 8.21. The highest BCUT2D eigenvalue weighted by atomic mass is 35.5. The van der Waals surface area contributed by atoms with E-state index in [1.165, 1.54) is 37.6 Å². The number of morpholine rings is 1. The van der Waals surface area contributed by atoms with Crippen molar-refractivity contribution in [3.63, 3.8) is 0 Å². The Balaban J connectivity index is 1.90. The smallest absolute Gasteiger partial charge is 0.339 e. The monoisotopic (exact) mass is 427 g/mol. The summed E-state index contributed by atoms with van der Waals surface area (Å²) >= 11 is 5.99. The van der Waals surface area contributed by atoms with Crippen LogP contribution in [-0.2, 0) is 14.8 Å². The van der Waals surface area contributed by atoms with E-state index in [-0.39, 0.29) is 27.0 Å². The molecular weight excluding hydrogens is 410 g/mol. The molecule has 0 radical (unpaired) electrons. The molecule has 11 heteroatoms. The summed E-state index contributed by atoms with van der Waals surface area (Å²) in [4.78, 5) is 17.5. The third-order valence-electron chi connectivity index (χ3n) is 4.09. The van der Waals surface area contributed by atoms with Gasteiger partial charge in [0.25, 0.3) is 10.0 Å². The molecule has 2 N–H and O–H groups in total. The number of hydrogen-bond donors (Lipinski definition) is 2. The van der Waals surface area contributed by atoms with Crippen LogP contribution < -0.4 is 14.4 Å². The van der Waals surface area contributed by atoms with Crippen LogP contribution >= 0.6 is 11.6 Å². The molecule has 150 valence electrons. The Morgan fingerprint density at radius 2 is 2.04 bits per heavy atom. The Morgan fingerprint density at radius 3 is 2.64 bits per heavy atom. The number of hydrogen-bond acceptors (Lipinski definition) is 7. The van der Waals surface area contributed by atoms with Crippen molar-refractivity contribution in [2.75, 3.05) is 43.0 Å². The van der Waals surface area contributed by atoms with E-state index in [4.69, 9.17) is 21.1 Å². The number of nitrogens with zero attached hydrogens (tertiary/aromatic N) is 2. The van der Waals surface area contributed by atoms with Crippen molar-refractivity contribution in [3.8, 4) is 5.75 Å². The number of ether oxygens (including phenoxy) is 2. The van der Waals surface area contributed by atoms with Crippen molar-refractivity contribution in [2.45, 2.75) is 4.90 Å². The van der Waals surface area contributed by atoms with Crippen LogP contribution in [0.2, 0.25) is 5.02 Å². The summed E-state index contributed by atoms with van der Waals surface area (Å²) < 4.78 is 37.8. The number of anilines is 2. The number of pyridine rings is 1. The molecular formula is C17H18ClN3O6S. The lowest BCUT2D eigenvalue weighted by molar-refractivity contribution is 0.0696. The molecule has 1 aromatic carbocycles. The quantitative estimate of drug-likeness (QED) is 0.719. The lowest BCUT2D eigenvalue weighted by Crippen LogP contribution is -2.37. The first-order valence-electron chi connectivity index (χ1n) is 8.24. The fourth-order valence-corrected chi connectivity index (χ4v) is 4.11. The fourth-order valence-electron chi connectivity index (χ4n) is 2.73. The van der Waals surface area contributed by atoms with E-state index in [9.17, 15) is 18.3 Å². The molecule has 0 atom stereocenters. The van der Waals surface area contributed by atoms with Crippen molar-refractivity contribution in [1.82, 2.24) is 4.98 Å². The summed E-state index contributed by atoms with van der Waals surface area (Å²) in [5.41, 5.74) is -0.0730. The van der Waals surface area contributed by atoms with Gasteiger partial charge in [-0.1, -0.05) is 11.6 Å². The molecule has 1 saturated heterocycles. The number of halogens is 1. The largest absolute Gasteiger partial charge is 0.495 e. The molecule has 1 fully saturated rings. The molecule has 0 saturated carbocycles. The van der Waals surface area contributed by atoms with E-state index in [1.807, 2.05) is 0 Å². The van der Waals surface area contributed by atoms with Gasteiger partial charge in [0, 0.05) is 13.1 Å². The summed E-state index contributed by atoms with van der Waals surface area (Å²) in [5.74, 6) is -0.598. The first-order chi connectivity index (χ1) is 13.3. The van der Waals surface area contributed by atoms with E-state index >= 15 is 0 Å². The summed E-state index contributed by atoms with van der Waals surface area (Å²) in [6.07, 6.45) is 1.28. The lowest BCUT2D eigenvalue weighted by Gasteiger charge is -2.28. The molecule has 1 aliphatic heterocycles. The number of nitrogens with one attached hydrogen (secondary N) is 1. The van der Waals surface area contributed by atoms with Crippen LogP contribution in [0.4, 0.5) is 11.5 Å². The number of sulfonamides is 1. The molecule has 0 bridgehead atoms. The van der Waals surface area contributed by atoms with Crippen molar-refractivity contribution < 1.29 is 27.8 Å². The van der Waals surface area contributed by atoms with Gasteiger partial charge in [-0.2, -0.15) is 0 Å². The molecule has 0 aliphatic carbocycles. The number of benzene rings is 1. The average Bonchev–Trinajstić information content (AvgIpc) is 2.68. The van der Waals surface area contributed by atoms with Gasteiger partial charge >= 0.3 is 5.97 Å². The van der Waals surface area contributed by atoms with E-state index in [0.717, 1.165) is 0 Å². The topological polar surface area (TPSA) is 118 Å². The van der Waals surface area contributed by atoms with Gasteiger partial charge in [-0.3, -0.25) is 4.72 Å². The number of carboxylic acids is 1. The van der Waals surface area contributed by atoms with Crippen molar-refractivity contribution >= 4 is 39.1 Å². The minimum Gasteiger partial charge on any atom is -0.495 e. The Kier molecular flexibility index (Phi) is 5.92. The maximum atomic E-state index is 12.6. The van der Waals surface area contributed by atoms with Gasteiger partial charge in [-0.05, 0) is 24.3 Å². The molecule has 1 aromatic heterocycles. The Morgan fingerprint density at radius 1 is 1.32 bits per heavy atom. The predicted octanol–water partition coefficient (Wildman–Crippen LogP) is 2.08. The molecule has 9 nitrogen and oxygen atoms in total. The van der Waals surface area contributed by atoms with E-state index in [0.29, 0.717) is 32.1 Å². The van der Waals surface area contributed by atoms with Gasteiger partial charge in [0.1, 0.15) is 17.1 Å². The normalized spacial score (nSPS) is 14.6. The summed E-state index contributed by atoms with van der Waals surface area (Å²) in [7, 11) is -2.58. The van der Waals surface area contributed by atoms with Crippen LogP contribution in [0, 0.1) is 0 Å². The molecule has 3 rings (SSSR count). The highest BCUT2D eigenvalue weighted by molar-refractivity contribution is 7.92. The van der Waals surface area contributed by atoms with Gasteiger partial charge in [0.15, 0.2) is 0 Å². The van der Waals surface area contributed by atoms with Crippen molar-refractivity contribution in [1.29, 1.82) is 0 Å². The summed E-state index contributed by atoms with van der Waals surface area (Å²) in [6, 6.07) is 5.25.